The highest BCUT2D eigenvalue weighted by molar-refractivity contribution is 9.11. The van der Waals surface area contributed by atoms with E-state index in [4.69, 9.17) is 0 Å². The van der Waals surface area contributed by atoms with Crippen molar-refractivity contribution in [3.05, 3.63) is 14.7 Å². The molecule has 1 fully saturated rings. The molecule has 0 amide bonds. The van der Waals surface area contributed by atoms with Crippen molar-refractivity contribution in [1.29, 1.82) is 0 Å². The lowest BCUT2D eigenvalue weighted by molar-refractivity contribution is -0.120. The van der Waals surface area contributed by atoms with Gasteiger partial charge in [-0.2, -0.15) is 4.31 Å². The zero-order valence-corrected chi connectivity index (χ0v) is 14.1. The first-order valence-corrected chi connectivity index (χ1v) is 9.13. The largest absolute Gasteiger partial charge is 0.300 e. The molecule has 0 aromatic carbocycles. The van der Waals surface area contributed by atoms with Gasteiger partial charge in [0.05, 0.1) is 8.68 Å². The number of nitrogens with zero attached hydrogens (tertiary/aromatic N) is 1. The van der Waals surface area contributed by atoms with E-state index >= 15 is 0 Å². The molecule has 7 heteroatoms. The number of hydrogen-bond acceptors (Lipinski definition) is 4. The highest BCUT2D eigenvalue weighted by Crippen LogP contribution is 2.33. The van der Waals surface area contributed by atoms with Crippen LogP contribution in [-0.4, -0.2) is 31.6 Å². The smallest absolute Gasteiger partial charge is 0.244 e. The van der Waals surface area contributed by atoms with Gasteiger partial charge in [-0.3, -0.25) is 4.79 Å². The fourth-order valence-electron chi connectivity index (χ4n) is 2.33. The minimum atomic E-state index is -3.46. The lowest BCUT2D eigenvalue weighted by Crippen LogP contribution is -2.39. The first-order chi connectivity index (χ1) is 8.82. The Bertz CT molecular complexity index is 584. The molecule has 4 nitrogen and oxygen atoms in total. The maximum absolute atomic E-state index is 12.6. The molecule has 0 atom stereocenters. The fourth-order valence-corrected chi connectivity index (χ4v) is 6.12. The van der Waals surface area contributed by atoms with Crippen LogP contribution in [0.3, 0.4) is 0 Å². The molecule has 0 N–H and O–H groups in total. The summed E-state index contributed by atoms with van der Waals surface area (Å²) in [5, 5.41) is 0. The first-order valence-electron chi connectivity index (χ1n) is 6.08. The second-order valence-corrected chi connectivity index (χ2v) is 9.36. The van der Waals surface area contributed by atoms with Gasteiger partial charge >= 0.3 is 0 Å². The maximum Gasteiger partial charge on any atom is 0.244 e. The Hall–Kier alpha value is -0.240. The van der Waals surface area contributed by atoms with Crippen molar-refractivity contribution >= 4 is 43.1 Å². The second-order valence-electron chi connectivity index (χ2n) is 4.76. The lowest BCUT2D eigenvalue weighted by Gasteiger charge is -2.29. The molecular formula is C12H16BrNO3S2. The van der Waals surface area contributed by atoms with Crippen LogP contribution in [0.1, 0.15) is 30.6 Å². The third-order valence-electron chi connectivity index (χ3n) is 3.53. The molecule has 0 saturated heterocycles. The van der Waals surface area contributed by atoms with Gasteiger partial charge in [-0.25, -0.2) is 8.42 Å². The van der Waals surface area contributed by atoms with Crippen LogP contribution in [-0.2, 0) is 14.8 Å². The number of aryl methyl sites for hydroxylation is 1. The SMILES string of the molecule is Cc1sc(Br)cc1S(=O)(=O)N(C)C1CCC(=O)CC1. The van der Waals surface area contributed by atoms with Gasteiger partial charge in [0, 0.05) is 30.8 Å². The van der Waals surface area contributed by atoms with Crippen LogP contribution in [0.25, 0.3) is 0 Å². The van der Waals surface area contributed by atoms with Gasteiger partial charge in [0.15, 0.2) is 0 Å². The zero-order chi connectivity index (χ0) is 14.2. The second kappa shape index (κ2) is 5.63. The van der Waals surface area contributed by atoms with Crippen molar-refractivity contribution in [3.63, 3.8) is 0 Å². The number of ketones is 1. The summed E-state index contributed by atoms with van der Waals surface area (Å²) in [4.78, 5) is 12.4. The molecule has 19 heavy (non-hydrogen) atoms. The molecule has 0 bridgehead atoms. The van der Waals surface area contributed by atoms with E-state index in [2.05, 4.69) is 15.9 Å². The molecule has 1 saturated carbocycles. The molecule has 1 aliphatic carbocycles. The average molecular weight is 366 g/mol. The van der Waals surface area contributed by atoms with E-state index < -0.39 is 10.0 Å². The average Bonchev–Trinajstić information content (AvgIpc) is 2.69. The number of hydrogen-bond donors (Lipinski definition) is 0. The van der Waals surface area contributed by atoms with Gasteiger partial charge in [0.1, 0.15) is 5.78 Å². The van der Waals surface area contributed by atoms with Crippen molar-refractivity contribution in [2.75, 3.05) is 7.05 Å². The highest BCUT2D eigenvalue weighted by Gasteiger charge is 2.32. The Kier molecular flexibility index (Phi) is 4.49. The summed E-state index contributed by atoms with van der Waals surface area (Å²) in [6.45, 7) is 1.81. The Labute approximate surface area is 126 Å². The summed E-state index contributed by atoms with van der Waals surface area (Å²) in [7, 11) is -1.85. The monoisotopic (exact) mass is 365 g/mol. The van der Waals surface area contributed by atoms with Crippen LogP contribution < -0.4 is 0 Å². The first kappa shape index (κ1) is 15.2. The topological polar surface area (TPSA) is 54.5 Å². The molecule has 1 heterocycles. The predicted molar refractivity (Wildman–Crippen MR) is 79.0 cm³/mol. The van der Waals surface area contributed by atoms with E-state index in [-0.39, 0.29) is 11.8 Å². The van der Waals surface area contributed by atoms with E-state index in [0.29, 0.717) is 30.6 Å². The van der Waals surface area contributed by atoms with Crippen molar-refractivity contribution < 1.29 is 13.2 Å². The maximum atomic E-state index is 12.6. The van der Waals surface area contributed by atoms with Gasteiger partial charge in [-0.05, 0) is 41.8 Å². The van der Waals surface area contributed by atoms with E-state index in [1.807, 2.05) is 0 Å². The van der Waals surface area contributed by atoms with Gasteiger partial charge in [0.25, 0.3) is 0 Å². The third kappa shape index (κ3) is 3.09. The van der Waals surface area contributed by atoms with E-state index in [1.54, 1.807) is 20.0 Å². The molecule has 0 unspecified atom stereocenters. The van der Waals surface area contributed by atoms with Crippen LogP contribution in [0.15, 0.2) is 14.7 Å². The van der Waals surface area contributed by atoms with Crippen molar-refractivity contribution in [1.82, 2.24) is 4.31 Å². The Morgan fingerprint density at radius 1 is 1.37 bits per heavy atom. The molecule has 1 aromatic rings. The van der Waals surface area contributed by atoms with E-state index in [0.717, 1.165) is 8.66 Å². The molecule has 106 valence electrons. The van der Waals surface area contributed by atoms with Crippen LogP contribution in [0.2, 0.25) is 0 Å². The van der Waals surface area contributed by atoms with Gasteiger partial charge in [-0.1, -0.05) is 0 Å². The summed E-state index contributed by atoms with van der Waals surface area (Å²) in [6, 6.07) is 1.58. The van der Waals surface area contributed by atoms with E-state index in [9.17, 15) is 13.2 Å². The van der Waals surface area contributed by atoms with Gasteiger partial charge in [-0.15, -0.1) is 11.3 Å². The minimum absolute atomic E-state index is 0.0687. The van der Waals surface area contributed by atoms with E-state index in [1.165, 1.54) is 15.6 Å². The number of carbonyl (C=O) groups excluding carboxylic acids is 1. The van der Waals surface area contributed by atoms with Crippen molar-refractivity contribution in [2.45, 2.75) is 43.5 Å². The number of sulfonamides is 1. The normalized spacial score (nSPS) is 18.2. The number of rotatable bonds is 3. The summed E-state index contributed by atoms with van der Waals surface area (Å²) < 4.78 is 27.4. The number of thiophene rings is 1. The van der Waals surface area contributed by atoms with Gasteiger partial charge < -0.3 is 0 Å². The summed E-state index contributed by atoms with van der Waals surface area (Å²) in [5.41, 5.74) is 0. The number of Topliss-reactive ketones (excluding diaryl/α,β-unsaturated/α-hetero) is 1. The Balaban J connectivity index is 2.24. The van der Waals surface area contributed by atoms with Crippen LogP contribution >= 0.6 is 27.3 Å². The quantitative estimate of drug-likeness (QED) is 0.827. The highest BCUT2D eigenvalue weighted by atomic mass is 79.9. The van der Waals surface area contributed by atoms with Gasteiger partial charge in [0.2, 0.25) is 10.0 Å². The summed E-state index contributed by atoms with van der Waals surface area (Å²) >= 11 is 4.74. The number of carbonyl (C=O) groups is 1. The molecule has 0 aliphatic heterocycles. The summed E-state index contributed by atoms with van der Waals surface area (Å²) in [6.07, 6.45) is 2.21. The van der Waals surface area contributed by atoms with Crippen LogP contribution in [0.4, 0.5) is 0 Å². The molecule has 2 rings (SSSR count). The minimum Gasteiger partial charge on any atom is -0.300 e. The third-order valence-corrected chi connectivity index (χ3v) is 7.25. The number of halogens is 1. The zero-order valence-electron chi connectivity index (χ0n) is 10.8. The molecule has 1 aromatic heterocycles. The van der Waals surface area contributed by atoms with Crippen LogP contribution in [0, 0.1) is 6.92 Å². The molecule has 0 spiro atoms. The lowest BCUT2D eigenvalue weighted by atomic mass is 9.95. The van der Waals surface area contributed by atoms with Crippen LogP contribution in [0.5, 0.6) is 0 Å². The fraction of sp³-hybridized carbons (Fsp3) is 0.583. The Morgan fingerprint density at radius 3 is 2.42 bits per heavy atom. The molecular weight excluding hydrogens is 350 g/mol. The molecule has 0 radical (unpaired) electrons. The Morgan fingerprint density at radius 2 is 1.95 bits per heavy atom. The molecule has 1 aliphatic rings. The van der Waals surface area contributed by atoms with Crippen molar-refractivity contribution in [3.8, 4) is 0 Å². The predicted octanol–water partition coefficient (Wildman–Crippen LogP) is 2.95. The summed E-state index contributed by atoms with van der Waals surface area (Å²) in [5.74, 6) is 0.233. The van der Waals surface area contributed by atoms with Crippen molar-refractivity contribution in [2.24, 2.45) is 0 Å². The standard InChI is InChI=1S/C12H16BrNO3S2/c1-8-11(7-12(13)18-8)19(16,17)14(2)9-3-5-10(15)6-4-9/h7,9H,3-6H2,1-2H3.